The van der Waals surface area contributed by atoms with Gasteiger partial charge in [0.1, 0.15) is 5.54 Å². The SMILES string of the molecule is CCCCC(CC)(Nc1ccc(Cl)c(Br)c1)C(=O)OCC. The minimum atomic E-state index is -0.681. The number of benzene rings is 1. The van der Waals surface area contributed by atoms with Crippen LogP contribution in [0.5, 0.6) is 0 Å². The first kappa shape index (κ1) is 18.3. The second-order valence-electron chi connectivity index (χ2n) is 5.01. The van der Waals surface area contributed by atoms with Gasteiger partial charge >= 0.3 is 5.97 Å². The van der Waals surface area contributed by atoms with E-state index in [1.165, 1.54) is 0 Å². The number of hydrogen-bond acceptors (Lipinski definition) is 3. The van der Waals surface area contributed by atoms with Gasteiger partial charge in [0.25, 0.3) is 0 Å². The van der Waals surface area contributed by atoms with Gasteiger partial charge in [0.15, 0.2) is 0 Å². The second kappa shape index (κ2) is 8.64. The van der Waals surface area contributed by atoms with Gasteiger partial charge in [-0.1, -0.05) is 38.3 Å². The summed E-state index contributed by atoms with van der Waals surface area (Å²) in [4.78, 5) is 12.4. The third kappa shape index (κ3) is 4.89. The van der Waals surface area contributed by atoms with Crippen molar-refractivity contribution in [3.63, 3.8) is 0 Å². The lowest BCUT2D eigenvalue weighted by molar-refractivity contribution is -0.149. The van der Waals surface area contributed by atoms with Crippen LogP contribution in [0.1, 0.15) is 46.5 Å². The molecule has 0 saturated carbocycles. The number of ether oxygens (including phenoxy) is 1. The van der Waals surface area contributed by atoms with E-state index in [4.69, 9.17) is 16.3 Å². The van der Waals surface area contributed by atoms with Crippen LogP contribution in [-0.2, 0) is 9.53 Å². The molecule has 0 aliphatic rings. The normalized spacial score (nSPS) is 13.6. The van der Waals surface area contributed by atoms with Crippen molar-refractivity contribution in [3.05, 3.63) is 27.7 Å². The van der Waals surface area contributed by atoms with Crippen LogP contribution in [0.4, 0.5) is 5.69 Å². The maximum atomic E-state index is 12.4. The van der Waals surface area contributed by atoms with Gasteiger partial charge in [-0.15, -0.1) is 0 Å². The van der Waals surface area contributed by atoms with Gasteiger partial charge in [0.05, 0.1) is 11.6 Å². The number of carbonyl (C=O) groups excluding carboxylic acids is 1. The molecule has 0 fully saturated rings. The number of nitrogens with one attached hydrogen (secondary N) is 1. The Morgan fingerprint density at radius 3 is 2.62 bits per heavy atom. The number of unbranched alkanes of at least 4 members (excludes halogenated alkanes) is 1. The monoisotopic (exact) mass is 375 g/mol. The molecule has 0 spiro atoms. The molecule has 0 heterocycles. The Hall–Kier alpha value is -0.740. The summed E-state index contributed by atoms with van der Waals surface area (Å²) < 4.78 is 6.09. The number of carbonyl (C=O) groups is 1. The van der Waals surface area contributed by atoms with E-state index in [0.29, 0.717) is 18.1 Å². The first-order valence-electron chi connectivity index (χ1n) is 7.39. The first-order valence-corrected chi connectivity index (χ1v) is 8.56. The smallest absolute Gasteiger partial charge is 0.331 e. The second-order valence-corrected chi connectivity index (χ2v) is 6.28. The molecule has 118 valence electrons. The third-order valence-electron chi connectivity index (χ3n) is 3.53. The summed E-state index contributed by atoms with van der Waals surface area (Å²) in [7, 11) is 0. The van der Waals surface area contributed by atoms with E-state index in [-0.39, 0.29) is 5.97 Å². The van der Waals surface area contributed by atoms with E-state index in [2.05, 4.69) is 28.2 Å². The highest BCUT2D eigenvalue weighted by Gasteiger charge is 2.37. The molecule has 0 saturated heterocycles. The van der Waals surface area contributed by atoms with Crippen LogP contribution < -0.4 is 5.32 Å². The fourth-order valence-corrected chi connectivity index (χ4v) is 2.72. The van der Waals surface area contributed by atoms with Gasteiger partial charge in [-0.05, 0) is 53.9 Å². The Bertz CT molecular complexity index is 481. The quantitative estimate of drug-likeness (QED) is 0.616. The van der Waals surface area contributed by atoms with Crippen molar-refractivity contribution in [2.24, 2.45) is 0 Å². The summed E-state index contributed by atoms with van der Waals surface area (Å²) in [5.74, 6) is -0.188. The van der Waals surface area contributed by atoms with Crippen molar-refractivity contribution >= 4 is 39.2 Å². The maximum absolute atomic E-state index is 12.4. The molecule has 1 N–H and O–H groups in total. The predicted molar refractivity (Wildman–Crippen MR) is 92.0 cm³/mol. The predicted octanol–water partition coefficient (Wildman–Crippen LogP) is 5.42. The van der Waals surface area contributed by atoms with E-state index in [9.17, 15) is 4.79 Å². The van der Waals surface area contributed by atoms with E-state index in [1.807, 2.05) is 26.0 Å². The largest absolute Gasteiger partial charge is 0.464 e. The van der Waals surface area contributed by atoms with Gasteiger partial charge in [-0.25, -0.2) is 4.79 Å². The van der Waals surface area contributed by atoms with Crippen LogP contribution in [-0.4, -0.2) is 18.1 Å². The molecule has 0 aromatic heterocycles. The van der Waals surface area contributed by atoms with E-state index >= 15 is 0 Å². The third-order valence-corrected chi connectivity index (χ3v) is 4.74. The van der Waals surface area contributed by atoms with Crippen LogP contribution in [0.15, 0.2) is 22.7 Å². The molecule has 1 rings (SSSR count). The minimum Gasteiger partial charge on any atom is -0.464 e. The molecule has 1 atom stereocenters. The van der Waals surface area contributed by atoms with Gasteiger partial charge in [-0.3, -0.25) is 0 Å². The highest BCUT2D eigenvalue weighted by atomic mass is 79.9. The van der Waals surface area contributed by atoms with E-state index < -0.39 is 5.54 Å². The summed E-state index contributed by atoms with van der Waals surface area (Å²) in [5.41, 5.74) is 0.177. The standard InChI is InChI=1S/C16H23BrClNO2/c1-4-7-10-16(5-2,15(20)21-6-3)19-12-8-9-14(18)13(17)11-12/h8-9,11,19H,4-7,10H2,1-3H3. The minimum absolute atomic E-state index is 0.188. The lowest BCUT2D eigenvalue weighted by atomic mass is 9.89. The van der Waals surface area contributed by atoms with Crippen molar-refractivity contribution < 1.29 is 9.53 Å². The number of esters is 1. The average Bonchev–Trinajstić information content (AvgIpc) is 2.47. The van der Waals surface area contributed by atoms with Crippen molar-refractivity contribution in [2.75, 3.05) is 11.9 Å². The summed E-state index contributed by atoms with van der Waals surface area (Å²) in [6, 6.07) is 5.57. The highest BCUT2D eigenvalue weighted by molar-refractivity contribution is 9.10. The molecule has 0 radical (unpaired) electrons. The van der Waals surface area contributed by atoms with Gasteiger partial charge in [-0.2, -0.15) is 0 Å². The molecule has 0 aliphatic heterocycles. The summed E-state index contributed by atoms with van der Waals surface area (Å²) in [6.07, 6.45) is 3.42. The van der Waals surface area contributed by atoms with Gasteiger partial charge < -0.3 is 10.1 Å². The van der Waals surface area contributed by atoms with Crippen LogP contribution in [0.3, 0.4) is 0 Å². The van der Waals surface area contributed by atoms with Crippen LogP contribution >= 0.6 is 27.5 Å². The van der Waals surface area contributed by atoms with Gasteiger partial charge in [0.2, 0.25) is 0 Å². The Morgan fingerprint density at radius 1 is 1.38 bits per heavy atom. The van der Waals surface area contributed by atoms with Crippen molar-refractivity contribution in [3.8, 4) is 0 Å². The fraction of sp³-hybridized carbons (Fsp3) is 0.562. The Balaban J connectivity index is 3.03. The molecule has 0 aliphatic carbocycles. The van der Waals surface area contributed by atoms with Crippen LogP contribution in [0.2, 0.25) is 5.02 Å². The molecule has 0 amide bonds. The molecule has 5 heteroatoms. The first-order chi connectivity index (χ1) is 9.99. The van der Waals surface area contributed by atoms with E-state index in [0.717, 1.165) is 29.4 Å². The topological polar surface area (TPSA) is 38.3 Å². The van der Waals surface area contributed by atoms with E-state index in [1.54, 1.807) is 6.07 Å². The summed E-state index contributed by atoms with van der Waals surface area (Å²) in [5, 5.41) is 4.01. The number of rotatable bonds is 8. The molecule has 1 unspecified atom stereocenters. The summed E-state index contributed by atoms with van der Waals surface area (Å²) in [6.45, 7) is 6.34. The molecule has 3 nitrogen and oxygen atoms in total. The van der Waals surface area contributed by atoms with Gasteiger partial charge in [0, 0.05) is 10.2 Å². The zero-order chi connectivity index (χ0) is 15.9. The molecular weight excluding hydrogens is 354 g/mol. The molecule has 21 heavy (non-hydrogen) atoms. The molecular formula is C16H23BrClNO2. The number of hydrogen-bond donors (Lipinski definition) is 1. The fourth-order valence-electron chi connectivity index (χ4n) is 2.22. The van der Waals surface area contributed by atoms with Crippen molar-refractivity contribution in [1.82, 2.24) is 0 Å². The summed E-state index contributed by atoms with van der Waals surface area (Å²) >= 11 is 9.42. The molecule has 0 bridgehead atoms. The Morgan fingerprint density at radius 2 is 2.10 bits per heavy atom. The average molecular weight is 377 g/mol. The number of halogens is 2. The lowest BCUT2D eigenvalue weighted by Gasteiger charge is -2.32. The zero-order valence-corrected chi connectivity index (χ0v) is 15.2. The van der Waals surface area contributed by atoms with Crippen molar-refractivity contribution in [1.29, 1.82) is 0 Å². The molecule has 1 aromatic rings. The lowest BCUT2D eigenvalue weighted by Crippen LogP contribution is -2.47. The van der Waals surface area contributed by atoms with Crippen LogP contribution in [0, 0.1) is 0 Å². The highest BCUT2D eigenvalue weighted by Crippen LogP contribution is 2.30. The Labute approximate surface area is 140 Å². The Kier molecular flexibility index (Phi) is 7.53. The zero-order valence-electron chi connectivity index (χ0n) is 12.8. The van der Waals surface area contributed by atoms with Crippen LogP contribution in [0.25, 0.3) is 0 Å². The number of anilines is 1. The maximum Gasteiger partial charge on any atom is 0.331 e. The molecule has 1 aromatic carbocycles. The van der Waals surface area contributed by atoms with Crippen molar-refractivity contribution in [2.45, 2.75) is 52.0 Å².